The number of hydrogen-bond donors (Lipinski definition) is 1. The molecule has 0 aliphatic heterocycles. The van der Waals surface area contributed by atoms with Gasteiger partial charge in [0.05, 0.1) is 6.10 Å². The van der Waals surface area contributed by atoms with Crippen molar-refractivity contribution in [2.45, 2.75) is 43.7 Å². The Hall–Kier alpha value is -1.02. The van der Waals surface area contributed by atoms with Gasteiger partial charge in [-0.1, -0.05) is 18.2 Å². The monoisotopic (exact) mass is 203 g/mol. The Morgan fingerprint density at radius 3 is 2.53 bits per heavy atom. The molecule has 15 heavy (non-hydrogen) atoms. The summed E-state index contributed by atoms with van der Waals surface area (Å²) in [5.74, 6) is 1.02. The Morgan fingerprint density at radius 2 is 1.93 bits per heavy atom. The summed E-state index contributed by atoms with van der Waals surface area (Å²) in [6.07, 6.45) is 6.34. The zero-order valence-electron chi connectivity index (χ0n) is 8.91. The van der Waals surface area contributed by atoms with Crippen molar-refractivity contribution in [1.82, 2.24) is 0 Å². The van der Waals surface area contributed by atoms with Gasteiger partial charge in [-0.3, -0.25) is 0 Å². The van der Waals surface area contributed by atoms with Gasteiger partial charge in [0.15, 0.2) is 0 Å². The summed E-state index contributed by atoms with van der Waals surface area (Å²) in [5.41, 5.74) is 7.35. The van der Waals surface area contributed by atoms with Gasteiger partial charge in [-0.05, 0) is 38.2 Å². The standard InChI is InChI=1S/C13H17NO/c14-13(8-9-13)11-6-1-2-7-12(11)15-10-4-3-5-10/h1-2,6-7,10H,3-5,8-9,14H2. The molecule has 2 saturated carbocycles. The summed E-state index contributed by atoms with van der Waals surface area (Å²) in [4.78, 5) is 0. The van der Waals surface area contributed by atoms with Crippen molar-refractivity contribution in [3.05, 3.63) is 29.8 Å². The van der Waals surface area contributed by atoms with E-state index in [0.29, 0.717) is 6.10 Å². The number of nitrogens with two attached hydrogens (primary N) is 1. The number of ether oxygens (including phenoxy) is 1. The van der Waals surface area contributed by atoms with Crippen LogP contribution in [0.4, 0.5) is 0 Å². The molecule has 0 unspecified atom stereocenters. The van der Waals surface area contributed by atoms with E-state index in [2.05, 4.69) is 18.2 Å². The second kappa shape index (κ2) is 3.24. The van der Waals surface area contributed by atoms with Crippen LogP contribution in [0.1, 0.15) is 37.7 Å². The first-order valence-corrected chi connectivity index (χ1v) is 5.83. The Morgan fingerprint density at radius 1 is 1.20 bits per heavy atom. The van der Waals surface area contributed by atoms with Crippen molar-refractivity contribution in [2.75, 3.05) is 0 Å². The lowest BCUT2D eigenvalue weighted by Crippen LogP contribution is -2.27. The van der Waals surface area contributed by atoms with E-state index in [4.69, 9.17) is 10.5 Å². The van der Waals surface area contributed by atoms with Gasteiger partial charge in [-0.15, -0.1) is 0 Å². The highest BCUT2D eigenvalue weighted by molar-refractivity contribution is 5.42. The Bertz CT molecular complexity index is 367. The van der Waals surface area contributed by atoms with Crippen LogP contribution in [0.25, 0.3) is 0 Å². The van der Waals surface area contributed by atoms with E-state index >= 15 is 0 Å². The Balaban J connectivity index is 1.85. The minimum absolute atomic E-state index is 0.0830. The molecule has 0 saturated heterocycles. The highest BCUT2D eigenvalue weighted by atomic mass is 16.5. The molecule has 2 fully saturated rings. The van der Waals surface area contributed by atoms with E-state index in [1.807, 2.05) is 6.07 Å². The fourth-order valence-electron chi connectivity index (χ4n) is 2.05. The summed E-state index contributed by atoms with van der Waals surface area (Å²) >= 11 is 0. The van der Waals surface area contributed by atoms with Crippen LogP contribution in [0.5, 0.6) is 5.75 Å². The molecule has 2 N–H and O–H groups in total. The summed E-state index contributed by atoms with van der Waals surface area (Å²) in [6.45, 7) is 0. The van der Waals surface area contributed by atoms with Crippen LogP contribution in [0.3, 0.4) is 0 Å². The van der Waals surface area contributed by atoms with E-state index in [0.717, 1.165) is 18.6 Å². The van der Waals surface area contributed by atoms with Crippen LogP contribution >= 0.6 is 0 Å². The van der Waals surface area contributed by atoms with Crippen molar-refractivity contribution in [1.29, 1.82) is 0 Å². The van der Waals surface area contributed by atoms with E-state index in [1.54, 1.807) is 0 Å². The normalized spacial score (nSPS) is 23.3. The van der Waals surface area contributed by atoms with Crippen LogP contribution in [0.15, 0.2) is 24.3 Å². The molecule has 2 aliphatic carbocycles. The molecule has 1 aromatic rings. The van der Waals surface area contributed by atoms with Crippen molar-refractivity contribution < 1.29 is 4.74 Å². The van der Waals surface area contributed by atoms with Crippen LogP contribution < -0.4 is 10.5 Å². The molecule has 0 radical (unpaired) electrons. The first-order valence-electron chi connectivity index (χ1n) is 5.83. The zero-order valence-corrected chi connectivity index (χ0v) is 8.91. The molecule has 1 aromatic carbocycles. The summed E-state index contributed by atoms with van der Waals surface area (Å²) in [7, 11) is 0. The summed E-state index contributed by atoms with van der Waals surface area (Å²) in [5, 5.41) is 0. The number of rotatable bonds is 3. The highest BCUT2D eigenvalue weighted by Crippen LogP contribution is 2.46. The molecule has 0 aromatic heterocycles. The SMILES string of the molecule is NC1(c2ccccc2OC2CCC2)CC1. The fraction of sp³-hybridized carbons (Fsp3) is 0.538. The topological polar surface area (TPSA) is 35.2 Å². The minimum Gasteiger partial charge on any atom is -0.490 e. The molecule has 0 heterocycles. The van der Waals surface area contributed by atoms with Gasteiger partial charge in [-0.25, -0.2) is 0 Å². The van der Waals surface area contributed by atoms with Gasteiger partial charge in [0, 0.05) is 11.1 Å². The third-order valence-electron chi connectivity index (χ3n) is 3.56. The van der Waals surface area contributed by atoms with Crippen molar-refractivity contribution in [3.8, 4) is 5.75 Å². The smallest absolute Gasteiger partial charge is 0.124 e. The molecule has 2 aliphatic rings. The third-order valence-corrected chi connectivity index (χ3v) is 3.56. The van der Waals surface area contributed by atoms with E-state index in [1.165, 1.54) is 24.8 Å². The lowest BCUT2D eigenvalue weighted by molar-refractivity contribution is 0.118. The molecule has 0 bridgehead atoms. The van der Waals surface area contributed by atoms with Crippen LogP contribution in [0, 0.1) is 0 Å². The molecule has 3 rings (SSSR count). The van der Waals surface area contributed by atoms with E-state index in [9.17, 15) is 0 Å². The largest absolute Gasteiger partial charge is 0.490 e. The second-order valence-electron chi connectivity index (χ2n) is 4.82. The van der Waals surface area contributed by atoms with Crippen molar-refractivity contribution >= 4 is 0 Å². The van der Waals surface area contributed by atoms with Crippen LogP contribution in [-0.4, -0.2) is 6.10 Å². The van der Waals surface area contributed by atoms with E-state index < -0.39 is 0 Å². The van der Waals surface area contributed by atoms with Crippen molar-refractivity contribution in [3.63, 3.8) is 0 Å². The van der Waals surface area contributed by atoms with Gasteiger partial charge in [0.1, 0.15) is 5.75 Å². The van der Waals surface area contributed by atoms with Gasteiger partial charge in [0.25, 0.3) is 0 Å². The molecular formula is C13H17NO. The number of para-hydroxylation sites is 1. The van der Waals surface area contributed by atoms with Gasteiger partial charge >= 0.3 is 0 Å². The Kier molecular flexibility index (Phi) is 1.99. The lowest BCUT2D eigenvalue weighted by atomic mass is 9.96. The van der Waals surface area contributed by atoms with Gasteiger partial charge < -0.3 is 10.5 Å². The van der Waals surface area contributed by atoms with E-state index in [-0.39, 0.29) is 5.54 Å². The van der Waals surface area contributed by atoms with Crippen LogP contribution in [0.2, 0.25) is 0 Å². The maximum absolute atomic E-state index is 6.22. The second-order valence-corrected chi connectivity index (χ2v) is 4.82. The number of hydrogen-bond acceptors (Lipinski definition) is 2. The third kappa shape index (κ3) is 1.63. The van der Waals surface area contributed by atoms with Crippen LogP contribution in [-0.2, 0) is 5.54 Å². The van der Waals surface area contributed by atoms with Gasteiger partial charge in [-0.2, -0.15) is 0 Å². The molecular weight excluding hydrogens is 186 g/mol. The molecule has 80 valence electrons. The van der Waals surface area contributed by atoms with Crippen molar-refractivity contribution in [2.24, 2.45) is 5.73 Å². The summed E-state index contributed by atoms with van der Waals surface area (Å²) in [6, 6.07) is 8.25. The molecule has 2 nitrogen and oxygen atoms in total. The predicted octanol–water partition coefficient (Wildman–Crippen LogP) is 2.57. The van der Waals surface area contributed by atoms with Gasteiger partial charge in [0.2, 0.25) is 0 Å². The average molecular weight is 203 g/mol. The molecule has 0 spiro atoms. The minimum atomic E-state index is -0.0830. The molecule has 0 atom stereocenters. The lowest BCUT2D eigenvalue weighted by Gasteiger charge is -2.28. The first-order chi connectivity index (χ1) is 7.28. The molecule has 2 heteroatoms. The maximum Gasteiger partial charge on any atom is 0.124 e. The average Bonchev–Trinajstić information content (AvgIpc) is 2.92. The molecule has 0 amide bonds. The highest BCUT2D eigenvalue weighted by Gasteiger charge is 2.42. The maximum atomic E-state index is 6.22. The number of benzene rings is 1. The zero-order chi connectivity index (χ0) is 10.3. The predicted molar refractivity (Wildman–Crippen MR) is 59.8 cm³/mol. The Labute approximate surface area is 90.4 Å². The quantitative estimate of drug-likeness (QED) is 0.819. The first kappa shape index (κ1) is 9.22. The summed E-state index contributed by atoms with van der Waals surface area (Å²) < 4.78 is 5.97. The fourth-order valence-corrected chi connectivity index (χ4v) is 2.05.